The first-order valence-corrected chi connectivity index (χ1v) is 8.58. The van der Waals surface area contributed by atoms with Crippen LogP contribution in [-0.2, 0) is 9.53 Å². The number of rotatable bonds is 5. The molecule has 0 aliphatic carbocycles. The molecule has 1 heterocycles. The van der Waals surface area contributed by atoms with E-state index in [1.165, 1.54) is 12.4 Å². The van der Waals surface area contributed by atoms with E-state index in [-0.39, 0.29) is 0 Å². The van der Waals surface area contributed by atoms with Crippen molar-refractivity contribution in [1.82, 2.24) is 4.98 Å². The maximum Gasteiger partial charge on any atom is 0.339 e. The summed E-state index contributed by atoms with van der Waals surface area (Å²) in [6.07, 6.45) is 1.95. The molecule has 0 aliphatic heterocycles. The minimum Gasteiger partial charge on any atom is -0.444 e. The lowest BCUT2D eigenvalue weighted by molar-refractivity contribution is -0.125. The molecule has 0 saturated carbocycles. The number of hydrogen-bond acceptors (Lipinski definition) is 4. The van der Waals surface area contributed by atoms with Crippen molar-refractivity contribution in [2.24, 2.45) is 0 Å². The van der Waals surface area contributed by atoms with Crippen LogP contribution in [0.4, 0.5) is 5.69 Å². The molecule has 0 aliphatic rings. The van der Waals surface area contributed by atoms with Crippen LogP contribution in [0, 0.1) is 13.8 Å². The molecule has 2 aromatic carbocycles. The largest absolute Gasteiger partial charge is 0.444 e. The number of anilines is 1. The fourth-order valence-electron chi connectivity index (χ4n) is 2.63. The van der Waals surface area contributed by atoms with Gasteiger partial charge in [-0.2, -0.15) is 0 Å². The van der Waals surface area contributed by atoms with E-state index >= 15 is 0 Å². The lowest BCUT2D eigenvalue weighted by Gasteiger charge is -2.19. The van der Waals surface area contributed by atoms with E-state index in [0.717, 1.165) is 11.1 Å². The number of aromatic nitrogens is 1. The average Bonchev–Trinajstić information content (AvgIpc) is 2.70. The van der Waals surface area contributed by atoms with Crippen molar-refractivity contribution < 1.29 is 14.3 Å². The van der Waals surface area contributed by atoms with Crippen molar-refractivity contribution in [3.05, 3.63) is 95.3 Å². The molecule has 1 aromatic heterocycles. The predicted octanol–water partition coefficient (Wildman–Crippen LogP) is 4.24. The summed E-state index contributed by atoms with van der Waals surface area (Å²) in [7, 11) is 0. The first-order chi connectivity index (χ1) is 13.0. The number of esters is 1. The van der Waals surface area contributed by atoms with E-state index in [1.807, 2.05) is 38.1 Å². The number of carbonyl (C=O) groups is 2. The summed E-state index contributed by atoms with van der Waals surface area (Å²) in [6.45, 7) is 3.86. The van der Waals surface area contributed by atoms with Crippen molar-refractivity contribution in [3.63, 3.8) is 0 Å². The number of hydrogen-bond donors (Lipinski definition) is 1. The molecule has 5 nitrogen and oxygen atoms in total. The van der Waals surface area contributed by atoms with E-state index in [2.05, 4.69) is 10.3 Å². The summed E-state index contributed by atoms with van der Waals surface area (Å²) >= 11 is 0. The average molecular weight is 360 g/mol. The minimum absolute atomic E-state index is 0.338. The topological polar surface area (TPSA) is 68.3 Å². The number of ether oxygens (including phenoxy) is 1. The highest BCUT2D eigenvalue weighted by atomic mass is 16.5. The molecule has 27 heavy (non-hydrogen) atoms. The fourth-order valence-corrected chi connectivity index (χ4v) is 2.63. The van der Waals surface area contributed by atoms with Gasteiger partial charge in [0.1, 0.15) is 0 Å². The molecule has 3 aromatic rings. The number of benzene rings is 2. The van der Waals surface area contributed by atoms with Gasteiger partial charge in [-0.25, -0.2) is 4.79 Å². The summed E-state index contributed by atoms with van der Waals surface area (Å²) in [4.78, 5) is 29.3. The Balaban J connectivity index is 1.87. The van der Waals surface area contributed by atoms with Crippen LogP contribution >= 0.6 is 0 Å². The minimum atomic E-state index is -1.06. The third kappa shape index (κ3) is 4.58. The zero-order valence-corrected chi connectivity index (χ0v) is 15.2. The molecule has 0 unspecified atom stereocenters. The summed E-state index contributed by atoms with van der Waals surface area (Å²) in [6, 6.07) is 17.9. The van der Waals surface area contributed by atoms with Crippen LogP contribution in [-0.4, -0.2) is 16.9 Å². The Morgan fingerprint density at radius 1 is 0.963 bits per heavy atom. The smallest absolute Gasteiger partial charge is 0.339 e. The molecule has 0 bridgehead atoms. The van der Waals surface area contributed by atoms with Crippen molar-refractivity contribution in [1.29, 1.82) is 0 Å². The Morgan fingerprint density at radius 2 is 1.67 bits per heavy atom. The van der Waals surface area contributed by atoms with Crippen molar-refractivity contribution >= 4 is 17.6 Å². The lowest BCUT2D eigenvalue weighted by Crippen LogP contribution is -2.26. The third-order valence-electron chi connectivity index (χ3n) is 4.13. The molecule has 5 heteroatoms. The Morgan fingerprint density at radius 3 is 2.37 bits per heavy atom. The molecule has 136 valence electrons. The van der Waals surface area contributed by atoms with E-state index in [4.69, 9.17) is 4.74 Å². The second-order valence-corrected chi connectivity index (χ2v) is 6.24. The normalized spacial score (nSPS) is 11.5. The first kappa shape index (κ1) is 18.3. The second-order valence-electron chi connectivity index (χ2n) is 6.24. The fraction of sp³-hybridized carbons (Fsp3) is 0.136. The van der Waals surface area contributed by atoms with Gasteiger partial charge in [0.05, 0.1) is 5.56 Å². The molecule has 0 spiro atoms. The highest BCUT2D eigenvalue weighted by Gasteiger charge is 2.26. The molecular weight excluding hydrogens is 340 g/mol. The van der Waals surface area contributed by atoms with Gasteiger partial charge in [0.25, 0.3) is 5.91 Å². The monoisotopic (exact) mass is 360 g/mol. The van der Waals surface area contributed by atoms with Gasteiger partial charge in [0.2, 0.25) is 6.10 Å². The van der Waals surface area contributed by atoms with Crippen LogP contribution in [0.1, 0.15) is 33.2 Å². The van der Waals surface area contributed by atoms with E-state index in [9.17, 15) is 9.59 Å². The summed E-state index contributed by atoms with van der Waals surface area (Å²) in [5, 5.41) is 2.88. The highest BCUT2D eigenvalue weighted by Crippen LogP contribution is 2.23. The number of aryl methyl sites for hydroxylation is 2. The quantitative estimate of drug-likeness (QED) is 0.691. The highest BCUT2D eigenvalue weighted by molar-refractivity contribution is 5.98. The van der Waals surface area contributed by atoms with Crippen LogP contribution in [0.3, 0.4) is 0 Å². The van der Waals surface area contributed by atoms with Crippen molar-refractivity contribution in [2.45, 2.75) is 20.0 Å². The lowest BCUT2D eigenvalue weighted by atomic mass is 10.1. The molecular formula is C22H20N2O3. The second kappa shape index (κ2) is 8.27. The summed E-state index contributed by atoms with van der Waals surface area (Å²) in [5.41, 5.74) is 3.59. The van der Waals surface area contributed by atoms with Gasteiger partial charge in [-0.05, 0) is 43.2 Å². The Bertz CT molecular complexity index is 940. The van der Waals surface area contributed by atoms with Gasteiger partial charge in [-0.1, -0.05) is 42.5 Å². The molecule has 1 atom stereocenters. The van der Waals surface area contributed by atoms with Gasteiger partial charge in [-0.15, -0.1) is 0 Å². The number of nitrogens with one attached hydrogen (secondary N) is 1. The SMILES string of the molecule is Cc1ccc(C)c(NC(=O)[C@H](OC(=O)c2ccncc2)c2ccccc2)c1. The first-order valence-electron chi connectivity index (χ1n) is 8.58. The van der Waals surface area contributed by atoms with Crippen LogP contribution in [0.5, 0.6) is 0 Å². The van der Waals surface area contributed by atoms with E-state index < -0.39 is 18.0 Å². The molecule has 1 N–H and O–H groups in total. The number of pyridine rings is 1. The van der Waals surface area contributed by atoms with Crippen molar-refractivity contribution in [3.8, 4) is 0 Å². The summed E-state index contributed by atoms with van der Waals surface area (Å²) in [5.74, 6) is -0.986. The standard InChI is InChI=1S/C22H20N2O3/c1-15-8-9-16(2)19(14-15)24-21(25)20(17-6-4-3-5-7-17)27-22(26)18-10-12-23-13-11-18/h3-14,20H,1-2H3,(H,24,25)/t20-/m1/s1. The number of amides is 1. The number of carbonyl (C=O) groups excluding carboxylic acids is 2. The molecule has 3 rings (SSSR count). The summed E-state index contributed by atoms with van der Waals surface area (Å²) < 4.78 is 5.55. The van der Waals surface area contributed by atoms with Crippen LogP contribution in [0.25, 0.3) is 0 Å². The van der Waals surface area contributed by atoms with Crippen LogP contribution in [0.2, 0.25) is 0 Å². The van der Waals surface area contributed by atoms with Crippen LogP contribution in [0.15, 0.2) is 73.1 Å². The molecule has 0 radical (unpaired) electrons. The zero-order valence-electron chi connectivity index (χ0n) is 15.2. The maximum atomic E-state index is 12.9. The Kier molecular flexibility index (Phi) is 5.61. The van der Waals surface area contributed by atoms with Gasteiger partial charge in [-0.3, -0.25) is 9.78 Å². The number of nitrogens with zero attached hydrogens (tertiary/aromatic N) is 1. The molecule has 1 amide bonds. The maximum absolute atomic E-state index is 12.9. The van der Waals surface area contributed by atoms with E-state index in [0.29, 0.717) is 16.8 Å². The van der Waals surface area contributed by atoms with Gasteiger partial charge >= 0.3 is 5.97 Å². The van der Waals surface area contributed by atoms with Gasteiger partial charge in [0.15, 0.2) is 0 Å². The predicted molar refractivity (Wildman–Crippen MR) is 103 cm³/mol. The van der Waals surface area contributed by atoms with Gasteiger partial charge in [0, 0.05) is 23.6 Å². The van der Waals surface area contributed by atoms with E-state index in [1.54, 1.807) is 36.4 Å². The van der Waals surface area contributed by atoms with Gasteiger partial charge < -0.3 is 10.1 Å². The van der Waals surface area contributed by atoms with Crippen molar-refractivity contribution in [2.75, 3.05) is 5.32 Å². The Labute approximate surface area is 158 Å². The Hall–Kier alpha value is -3.47. The molecule has 0 fully saturated rings. The molecule has 0 saturated heterocycles. The zero-order chi connectivity index (χ0) is 19.2. The van der Waals surface area contributed by atoms with Crippen LogP contribution < -0.4 is 5.32 Å². The third-order valence-corrected chi connectivity index (χ3v) is 4.13.